The summed E-state index contributed by atoms with van der Waals surface area (Å²) in [6, 6.07) is 14.9. The normalized spacial score (nSPS) is 21.0. The van der Waals surface area contributed by atoms with Gasteiger partial charge in [0.15, 0.2) is 0 Å². The topological polar surface area (TPSA) is 98.7 Å². The molecular formula is C29H36FN3O4. The van der Waals surface area contributed by atoms with E-state index in [-0.39, 0.29) is 30.0 Å². The SMILES string of the molecule is O=C(CC1(CCCc2ccccc2)CCN(C(C(=O)Nc2ccc(F)cc2)C2CCCCC2)C1=O)NO. The first-order chi connectivity index (χ1) is 17.9. The van der Waals surface area contributed by atoms with Gasteiger partial charge in [0.25, 0.3) is 0 Å². The zero-order chi connectivity index (χ0) is 26.3. The summed E-state index contributed by atoms with van der Waals surface area (Å²) in [4.78, 5) is 41.6. The van der Waals surface area contributed by atoms with Crippen LogP contribution in [0.5, 0.6) is 0 Å². The molecule has 7 nitrogen and oxygen atoms in total. The summed E-state index contributed by atoms with van der Waals surface area (Å²) in [5.74, 6) is -1.45. The number of carbonyl (C=O) groups is 3. The number of nitrogens with zero attached hydrogens (tertiary/aromatic N) is 1. The fourth-order valence-corrected chi connectivity index (χ4v) is 6.03. The molecule has 0 aromatic heterocycles. The molecule has 2 fully saturated rings. The lowest BCUT2D eigenvalue weighted by molar-refractivity contribution is -0.147. The van der Waals surface area contributed by atoms with Crippen LogP contribution in [-0.2, 0) is 20.8 Å². The molecule has 8 heteroatoms. The van der Waals surface area contributed by atoms with E-state index < -0.39 is 17.4 Å². The van der Waals surface area contributed by atoms with Gasteiger partial charge in [-0.05, 0) is 74.3 Å². The van der Waals surface area contributed by atoms with Crippen molar-refractivity contribution in [3.63, 3.8) is 0 Å². The predicted octanol–water partition coefficient (Wildman–Crippen LogP) is 4.85. The van der Waals surface area contributed by atoms with Gasteiger partial charge in [0, 0.05) is 18.7 Å². The van der Waals surface area contributed by atoms with E-state index in [1.54, 1.807) is 10.4 Å². The van der Waals surface area contributed by atoms with E-state index in [2.05, 4.69) is 5.32 Å². The number of aryl methyl sites for hydroxylation is 1. The Hall–Kier alpha value is -3.26. The van der Waals surface area contributed by atoms with Crippen LogP contribution in [0.4, 0.5) is 10.1 Å². The van der Waals surface area contributed by atoms with Crippen LogP contribution in [0, 0.1) is 17.2 Å². The molecule has 0 radical (unpaired) electrons. The molecule has 3 N–H and O–H groups in total. The molecule has 1 aliphatic carbocycles. The summed E-state index contributed by atoms with van der Waals surface area (Å²) in [7, 11) is 0. The third kappa shape index (κ3) is 6.55. The molecule has 2 aromatic rings. The van der Waals surface area contributed by atoms with Crippen molar-refractivity contribution in [1.29, 1.82) is 0 Å². The van der Waals surface area contributed by atoms with E-state index in [0.717, 1.165) is 44.1 Å². The van der Waals surface area contributed by atoms with Crippen LogP contribution in [0.15, 0.2) is 54.6 Å². The molecule has 2 aliphatic rings. The lowest BCUT2D eigenvalue weighted by Gasteiger charge is -2.37. The van der Waals surface area contributed by atoms with Crippen molar-refractivity contribution in [2.45, 2.75) is 70.3 Å². The Labute approximate surface area is 217 Å². The van der Waals surface area contributed by atoms with Crippen molar-refractivity contribution in [1.82, 2.24) is 10.4 Å². The highest BCUT2D eigenvalue weighted by molar-refractivity contribution is 5.99. The number of nitrogens with one attached hydrogen (secondary N) is 2. The summed E-state index contributed by atoms with van der Waals surface area (Å²) < 4.78 is 13.4. The first kappa shape index (κ1) is 26.8. The number of benzene rings is 2. The Morgan fingerprint density at radius 3 is 2.43 bits per heavy atom. The summed E-state index contributed by atoms with van der Waals surface area (Å²) in [6.07, 6.45) is 7.10. The molecule has 198 valence electrons. The monoisotopic (exact) mass is 509 g/mol. The molecule has 37 heavy (non-hydrogen) atoms. The van der Waals surface area contributed by atoms with Gasteiger partial charge in [-0.15, -0.1) is 0 Å². The molecule has 2 aromatic carbocycles. The summed E-state index contributed by atoms with van der Waals surface area (Å²) in [5, 5.41) is 12.1. The third-order valence-electron chi connectivity index (χ3n) is 7.95. The zero-order valence-corrected chi connectivity index (χ0v) is 21.1. The summed E-state index contributed by atoms with van der Waals surface area (Å²) >= 11 is 0. The van der Waals surface area contributed by atoms with Crippen molar-refractivity contribution in [3.05, 3.63) is 66.0 Å². The van der Waals surface area contributed by atoms with Crippen LogP contribution in [0.2, 0.25) is 0 Å². The maximum Gasteiger partial charge on any atom is 0.247 e. The number of hydroxylamine groups is 1. The number of rotatable bonds is 10. The molecule has 3 amide bonds. The van der Waals surface area contributed by atoms with Crippen molar-refractivity contribution in [2.24, 2.45) is 11.3 Å². The van der Waals surface area contributed by atoms with Crippen LogP contribution in [-0.4, -0.2) is 40.4 Å². The van der Waals surface area contributed by atoms with Gasteiger partial charge in [0.05, 0.1) is 5.41 Å². The quantitative estimate of drug-likeness (QED) is 0.315. The van der Waals surface area contributed by atoms with Crippen molar-refractivity contribution < 1.29 is 24.0 Å². The Balaban J connectivity index is 1.55. The van der Waals surface area contributed by atoms with Crippen LogP contribution >= 0.6 is 0 Å². The van der Waals surface area contributed by atoms with Gasteiger partial charge in [-0.3, -0.25) is 19.6 Å². The number of anilines is 1. The van der Waals surface area contributed by atoms with E-state index in [1.165, 1.54) is 24.3 Å². The zero-order valence-electron chi connectivity index (χ0n) is 21.1. The number of hydrogen-bond donors (Lipinski definition) is 3. The minimum absolute atomic E-state index is 0.0185. The molecule has 2 unspecified atom stereocenters. The Bertz CT molecular complexity index is 1070. The highest BCUT2D eigenvalue weighted by Crippen LogP contribution is 2.43. The molecule has 1 saturated heterocycles. The van der Waals surface area contributed by atoms with Gasteiger partial charge < -0.3 is 10.2 Å². The first-order valence-corrected chi connectivity index (χ1v) is 13.3. The van der Waals surface area contributed by atoms with Crippen LogP contribution in [0.25, 0.3) is 0 Å². The Morgan fingerprint density at radius 2 is 1.76 bits per heavy atom. The second-order valence-corrected chi connectivity index (χ2v) is 10.4. The average Bonchev–Trinajstić information content (AvgIpc) is 3.22. The Kier molecular flexibility index (Phi) is 8.92. The van der Waals surface area contributed by atoms with Crippen LogP contribution in [0.3, 0.4) is 0 Å². The van der Waals surface area contributed by atoms with Crippen molar-refractivity contribution >= 4 is 23.4 Å². The fourth-order valence-electron chi connectivity index (χ4n) is 6.03. The highest BCUT2D eigenvalue weighted by atomic mass is 19.1. The second-order valence-electron chi connectivity index (χ2n) is 10.4. The summed E-state index contributed by atoms with van der Waals surface area (Å²) in [6.45, 7) is 0.376. The van der Waals surface area contributed by atoms with E-state index in [9.17, 15) is 24.0 Å². The lowest BCUT2D eigenvalue weighted by Crippen LogP contribution is -2.52. The average molecular weight is 510 g/mol. The predicted molar refractivity (Wildman–Crippen MR) is 138 cm³/mol. The molecule has 4 rings (SSSR count). The van der Waals surface area contributed by atoms with Crippen molar-refractivity contribution in [3.8, 4) is 0 Å². The van der Waals surface area contributed by atoms with Crippen molar-refractivity contribution in [2.75, 3.05) is 11.9 Å². The second kappa shape index (κ2) is 12.3. The van der Waals surface area contributed by atoms with Gasteiger partial charge in [0.2, 0.25) is 17.7 Å². The number of carbonyl (C=O) groups excluding carboxylic acids is 3. The van der Waals surface area contributed by atoms with Gasteiger partial charge in [-0.25, -0.2) is 9.87 Å². The maximum absolute atomic E-state index is 14.0. The highest BCUT2D eigenvalue weighted by Gasteiger charge is 2.51. The molecule has 1 aliphatic heterocycles. The number of halogens is 1. The fraction of sp³-hybridized carbons (Fsp3) is 0.483. The number of amides is 3. The summed E-state index contributed by atoms with van der Waals surface area (Å²) in [5.41, 5.74) is 2.36. The standard InChI is InChI=1S/C29H36FN3O4/c30-23-13-15-24(16-14-23)31-27(35)26(22-11-5-2-6-12-22)33-19-18-29(28(33)36,20-25(34)32-37)17-7-10-21-8-3-1-4-9-21/h1,3-4,8-9,13-16,22,26,37H,2,5-7,10-12,17-20H2,(H,31,35)(H,32,34). The smallest absolute Gasteiger partial charge is 0.247 e. The minimum Gasteiger partial charge on any atom is -0.330 e. The third-order valence-corrected chi connectivity index (χ3v) is 7.95. The molecule has 0 bridgehead atoms. The first-order valence-electron chi connectivity index (χ1n) is 13.3. The lowest BCUT2D eigenvalue weighted by atomic mass is 9.77. The molecular weight excluding hydrogens is 473 g/mol. The molecule has 1 saturated carbocycles. The molecule has 0 spiro atoms. The number of likely N-dealkylation sites (tertiary alicyclic amines) is 1. The number of hydrogen-bond acceptors (Lipinski definition) is 4. The van der Waals surface area contributed by atoms with Gasteiger partial charge in [-0.2, -0.15) is 0 Å². The van der Waals surface area contributed by atoms with E-state index in [4.69, 9.17) is 0 Å². The van der Waals surface area contributed by atoms with Gasteiger partial charge >= 0.3 is 0 Å². The maximum atomic E-state index is 14.0. The molecule has 1 heterocycles. The largest absolute Gasteiger partial charge is 0.330 e. The van der Waals surface area contributed by atoms with E-state index in [1.807, 2.05) is 30.3 Å². The van der Waals surface area contributed by atoms with E-state index in [0.29, 0.717) is 31.5 Å². The molecule has 2 atom stereocenters. The van der Waals surface area contributed by atoms with Crippen LogP contribution < -0.4 is 10.8 Å². The van der Waals surface area contributed by atoms with E-state index >= 15 is 0 Å². The minimum atomic E-state index is -0.968. The Morgan fingerprint density at radius 1 is 1.05 bits per heavy atom. The van der Waals surface area contributed by atoms with Gasteiger partial charge in [-0.1, -0.05) is 49.6 Å². The van der Waals surface area contributed by atoms with Gasteiger partial charge in [0.1, 0.15) is 11.9 Å². The van der Waals surface area contributed by atoms with Crippen LogP contribution in [0.1, 0.15) is 63.4 Å².